The van der Waals surface area contributed by atoms with Crippen LogP contribution in [0.3, 0.4) is 0 Å². The molecule has 1 unspecified atom stereocenters. The SMILES string of the molecule is NS(=O)(=O)c1ccc2c(c1)C(C(=O)OC1COC1)CO2. The predicted octanol–water partition coefficient (Wildman–Crippen LogP) is -0.248. The van der Waals surface area contributed by atoms with E-state index in [1.807, 2.05) is 0 Å². The molecule has 1 aromatic rings. The molecule has 1 aromatic carbocycles. The first-order valence-electron chi connectivity index (χ1n) is 6.03. The molecular formula is C12H13NO6S. The Hall–Kier alpha value is -1.64. The molecule has 0 aliphatic carbocycles. The Balaban J connectivity index is 1.86. The molecule has 20 heavy (non-hydrogen) atoms. The van der Waals surface area contributed by atoms with Gasteiger partial charge in [-0.3, -0.25) is 4.79 Å². The molecule has 0 aromatic heterocycles. The number of ether oxygens (including phenoxy) is 3. The molecule has 7 nitrogen and oxygen atoms in total. The zero-order valence-corrected chi connectivity index (χ0v) is 11.3. The van der Waals surface area contributed by atoms with E-state index in [0.29, 0.717) is 24.5 Å². The summed E-state index contributed by atoms with van der Waals surface area (Å²) in [5.74, 6) is -0.597. The largest absolute Gasteiger partial charge is 0.492 e. The van der Waals surface area contributed by atoms with Crippen LogP contribution < -0.4 is 9.88 Å². The Morgan fingerprint density at radius 2 is 2.05 bits per heavy atom. The Morgan fingerprint density at radius 3 is 2.65 bits per heavy atom. The van der Waals surface area contributed by atoms with Crippen LogP contribution in [-0.2, 0) is 24.3 Å². The summed E-state index contributed by atoms with van der Waals surface area (Å²) in [6.45, 7) is 0.919. The van der Waals surface area contributed by atoms with E-state index in [4.69, 9.17) is 19.3 Å². The number of benzene rings is 1. The van der Waals surface area contributed by atoms with Gasteiger partial charge in [0.05, 0.1) is 18.1 Å². The Labute approximate surface area is 115 Å². The van der Waals surface area contributed by atoms with Gasteiger partial charge in [-0.15, -0.1) is 0 Å². The minimum atomic E-state index is -3.82. The summed E-state index contributed by atoms with van der Waals surface area (Å²) >= 11 is 0. The second-order valence-electron chi connectivity index (χ2n) is 4.70. The van der Waals surface area contributed by atoms with Crippen LogP contribution in [0.1, 0.15) is 11.5 Å². The number of nitrogens with two attached hydrogens (primary N) is 1. The molecule has 2 aliphatic rings. The fourth-order valence-corrected chi connectivity index (χ4v) is 2.64. The molecule has 1 saturated heterocycles. The Kier molecular flexibility index (Phi) is 3.15. The van der Waals surface area contributed by atoms with Gasteiger partial charge >= 0.3 is 5.97 Å². The van der Waals surface area contributed by atoms with Gasteiger partial charge in [0.25, 0.3) is 0 Å². The van der Waals surface area contributed by atoms with Crippen LogP contribution >= 0.6 is 0 Å². The van der Waals surface area contributed by atoms with E-state index in [0.717, 1.165) is 0 Å². The predicted molar refractivity (Wildman–Crippen MR) is 66.8 cm³/mol. The van der Waals surface area contributed by atoms with E-state index < -0.39 is 21.9 Å². The van der Waals surface area contributed by atoms with E-state index in [9.17, 15) is 13.2 Å². The second-order valence-corrected chi connectivity index (χ2v) is 6.27. The monoisotopic (exact) mass is 299 g/mol. The first-order valence-corrected chi connectivity index (χ1v) is 7.57. The van der Waals surface area contributed by atoms with Crippen molar-refractivity contribution < 1.29 is 27.4 Å². The van der Waals surface area contributed by atoms with Crippen LogP contribution in [0.4, 0.5) is 0 Å². The minimum absolute atomic E-state index is 0.0495. The average Bonchev–Trinajstić information content (AvgIpc) is 2.75. The first kappa shape index (κ1) is 13.3. The summed E-state index contributed by atoms with van der Waals surface area (Å²) < 4.78 is 38.2. The van der Waals surface area contributed by atoms with Gasteiger partial charge in [-0.05, 0) is 18.2 Å². The molecule has 0 radical (unpaired) electrons. The quantitative estimate of drug-likeness (QED) is 0.772. The van der Waals surface area contributed by atoms with Gasteiger partial charge in [0, 0.05) is 5.56 Å². The number of hydrogen-bond donors (Lipinski definition) is 1. The van der Waals surface area contributed by atoms with Crippen LogP contribution in [-0.4, -0.2) is 40.3 Å². The molecule has 108 valence electrons. The normalized spacial score (nSPS) is 21.8. The van der Waals surface area contributed by atoms with Crippen molar-refractivity contribution in [3.63, 3.8) is 0 Å². The van der Waals surface area contributed by atoms with Crippen molar-refractivity contribution >= 4 is 16.0 Å². The number of carbonyl (C=O) groups is 1. The number of fused-ring (bicyclic) bond motifs is 1. The van der Waals surface area contributed by atoms with Crippen molar-refractivity contribution in [2.45, 2.75) is 16.9 Å². The maximum absolute atomic E-state index is 12.0. The fraction of sp³-hybridized carbons (Fsp3) is 0.417. The van der Waals surface area contributed by atoms with Crippen molar-refractivity contribution in [3.8, 4) is 5.75 Å². The topological polar surface area (TPSA) is 105 Å². The Morgan fingerprint density at radius 1 is 1.30 bits per heavy atom. The van der Waals surface area contributed by atoms with Gasteiger partial charge in [0.15, 0.2) is 0 Å². The molecular weight excluding hydrogens is 286 g/mol. The van der Waals surface area contributed by atoms with E-state index in [-0.39, 0.29) is 17.6 Å². The third-order valence-electron chi connectivity index (χ3n) is 3.27. The molecule has 0 spiro atoms. The lowest BCUT2D eigenvalue weighted by Gasteiger charge is -2.26. The van der Waals surface area contributed by atoms with Crippen LogP contribution in [0.25, 0.3) is 0 Å². The number of hydrogen-bond acceptors (Lipinski definition) is 6. The van der Waals surface area contributed by atoms with Gasteiger partial charge in [-0.25, -0.2) is 13.6 Å². The van der Waals surface area contributed by atoms with Gasteiger partial charge in [-0.2, -0.15) is 0 Å². The molecule has 0 amide bonds. The van der Waals surface area contributed by atoms with Crippen LogP contribution in [0.15, 0.2) is 23.1 Å². The highest BCUT2D eigenvalue weighted by atomic mass is 32.2. The van der Waals surface area contributed by atoms with Crippen LogP contribution in [0, 0.1) is 0 Å². The molecule has 2 heterocycles. The molecule has 2 aliphatic heterocycles. The maximum Gasteiger partial charge on any atom is 0.317 e. The lowest BCUT2D eigenvalue weighted by Crippen LogP contribution is -2.39. The molecule has 1 fully saturated rings. The standard InChI is InChI=1S/C12H13NO6S/c13-20(15,16)8-1-2-11-9(3-8)10(6-18-11)12(14)19-7-4-17-5-7/h1-3,7,10H,4-6H2,(H2,13,15,16). The highest BCUT2D eigenvalue weighted by Crippen LogP contribution is 2.36. The van der Waals surface area contributed by atoms with Crippen LogP contribution in [0.5, 0.6) is 5.75 Å². The van der Waals surface area contributed by atoms with E-state index in [1.165, 1.54) is 18.2 Å². The zero-order chi connectivity index (χ0) is 14.3. The first-order chi connectivity index (χ1) is 9.45. The summed E-state index contributed by atoms with van der Waals surface area (Å²) in [6.07, 6.45) is -0.229. The minimum Gasteiger partial charge on any atom is -0.492 e. The van der Waals surface area contributed by atoms with Crippen molar-refractivity contribution in [1.82, 2.24) is 0 Å². The molecule has 0 saturated carbocycles. The lowest BCUT2D eigenvalue weighted by atomic mass is 10.0. The van der Waals surface area contributed by atoms with E-state index in [2.05, 4.69) is 0 Å². The summed E-state index contributed by atoms with van der Waals surface area (Å²) in [6, 6.07) is 4.21. The second kappa shape index (κ2) is 4.72. The van der Waals surface area contributed by atoms with E-state index >= 15 is 0 Å². The van der Waals surface area contributed by atoms with Crippen molar-refractivity contribution in [1.29, 1.82) is 0 Å². The molecule has 0 bridgehead atoms. The van der Waals surface area contributed by atoms with Gasteiger partial charge < -0.3 is 14.2 Å². The average molecular weight is 299 g/mol. The van der Waals surface area contributed by atoms with Crippen molar-refractivity contribution in [3.05, 3.63) is 23.8 Å². The summed E-state index contributed by atoms with van der Waals surface area (Å²) in [4.78, 5) is 12.0. The van der Waals surface area contributed by atoms with Crippen LogP contribution in [0.2, 0.25) is 0 Å². The number of sulfonamides is 1. The lowest BCUT2D eigenvalue weighted by molar-refractivity contribution is -0.174. The number of primary sulfonamides is 1. The number of rotatable bonds is 3. The summed E-state index contributed by atoms with van der Waals surface area (Å²) in [5.41, 5.74) is 0.488. The third-order valence-corrected chi connectivity index (χ3v) is 4.18. The fourth-order valence-electron chi connectivity index (χ4n) is 2.09. The molecule has 1 atom stereocenters. The van der Waals surface area contributed by atoms with Crippen molar-refractivity contribution in [2.75, 3.05) is 19.8 Å². The van der Waals surface area contributed by atoms with E-state index in [1.54, 1.807) is 0 Å². The highest BCUT2D eigenvalue weighted by molar-refractivity contribution is 7.89. The summed E-state index contributed by atoms with van der Waals surface area (Å²) in [5, 5.41) is 5.08. The smallest absolute Gasteiger partial charge is 0.317 e. The molecule has 8 heteroatoms. The zero-order valence-electron chi connectivity index (χ0n) is 10.4. The van der Waals surface area contributed by atoms with Gasteiger partial charge in [0.1, 0.15) is 24.4 Å². The highest BCUT2D eigenvalue weighted by Gasteiger charge is 2.35. The summed E-state index contributed by atoms with van der Waals surface area (Å²) in [7, 11) is -3.82. The molecule has 3 rings (SSSR count). The van der Waals surface area contributed by atoms with Gasteiger partial charge in [-0.1, -0.05) is 0 Å². The number of esters is 1. The third kappa shape index (κ3) is 2.37. The number of carbonyl (C=O) groups excluding carboxylic acids is 1. The van der Waals surface area contributed by atoms with Crippen molar-refractivity contribution in [2.24, 2.45) is 5.14 Å². The Bertz CT molecular complexity index is 652. The molecule has 2 N–H and O–H groups in total. The maximum atomic E-state index is 12.0. The van der Waals surface area contributed by atoms with Gasteiger partial charge in [0.2, 0.25) is 10.0 Å².